The minimum absolute atomic E-state index is 0.00980. The number of likely N-dealkylation sites (tertiary alicyclic amines) is 1. The summed E-state index contributed by atoms with van der Waals surface area (Å²) in [7, 11) is 1.43. The van der Waals surface area contributed by atoms with Gasteiger partial charge in [-0.25, -0.2) is 28.2 Å². The molecule has 5 rings (SSSR count). The summed E-state index contributed by atoms with van der Waals surface area (Å²) in [6.45, 7) is 18.7. The van der Waals surface area contributed by atoms with E-state index in [-0.39, 0.29) is 41.8 Å². The number of nitrogens with zero attached hydrogens (tertiary/aromatic N) is 7. The van der Waals surface area contributed by atoms with Crippen LogP contribution in [0.4, 0.5) is 29.9 Å². The Hall–Kier alpha value is -4.65. The van der Waals surface area contributed by atoms with Crippen molar-refractivity contribution in [3.05, 3.63) is 46.7 Å². The maximum atomic E-state index is 15.4. The highest BCUT2D eigenvalue weighted by molar-refractivity contribution is 5.92. The van der Waals surface area contributed by atoms with E-state index >= 15 is 8.78 Å². The topological polar surface area (TPSA) is 99.1 Å². The van der Waals surface area contributed by atoms with E-state index in [1.807, 2.05) is 0 Å². The van der Waals surface area contributed by atoms with Gasteiger partial charge in [-0.15, -0.1) is 0 Å². The number of amides is 2. The molecule has 0 atom stereocenters. The molecule has 0 unspecified atom stereocenters. The molecule has 0 bridgehead atoms. The lowest BCUT2D eigenvalue weighted by Gasteiger charge is -2.40. The molecule has 1 aromatic carbocycles. The van der Waals surface area contributed by atoms with Crippen molar-refractivity contribution in [1.29, 1.82) is 0 Å². The van der Waals surface area contributed by atoms with Crippen LogP contribution in [0.1, 0.15) is 77.7 Å². The number of hydrogen-bond acceptors (Lipinski definition) is 6. The van der Waals surface area contributed by atoms with Gasteiger partial charge in [0.05, 0.1) is 30.0 Å². The van der Waals surface area contributed by atoms with Gasteiger partial charge in [0.15, 0.2) is 5.82 Å². The van der Waals surface area contributed by atoms with Crippen LogP contribution < -0.4 is 4.90 Å². The van der Waals surface area contributed by atoms with Gasteiger partial charge in [-0.2, -0.15) is 5.10 Å². The standard InChI is InChI=1S/C30H33F2N7O4/c1-29(2,3)42-27(40)36(8)26-24(33-7)21(35-39(26)18-14-37(15-18)28(41)43-30(4,5)6)12-11-19-20(31)13-22-25(23(19)32)34-16-38(22)17-9-10-17/h13,16-18H,9-10,14-15H2,1-6,8H3. The first-order chi connectivity index (χ1) is 20.1. The van der Waals surface area contributed by atoms with Gasteiger partial charge >= 0.3 is 12.2 Å². The van der Waals surface area contributed by atoms with Crippen LogP contribution in [-0.2, 0) is 9.47 Å². The second-order valence-corrected chi connectivity index (χ2v) is 12.7. The van der Waals surface area contributed by atoms with Crippen molar-refractivity contribution in [3.63, 3.8) is 0 Å². The highest BCUT2D eigenvalue weighted by atomic mass is 19.1. The van der Waals surface area contributed by atoms with Gasteiger partial charge in [-0.1, -0.05) is 11.8 Å². The van der Waals surface area contributed by atoms with Crippen LogP contribution >= 0.6 is 0 Å². The molecule has 0 radical (unpaired) electrons. The van der Waals surface area contributed by atoms with Crippen molar-refractivity contribution >= 4 is 34.7 Å². The average Bonchev–Trinajstić information content (AvgIpc) is 3.51. The number of hydrogen-bond donors (Lipinski definition) is 0. The summed E-state index contributed by atoms with van der Waals surface area (Å²) in [5, 5.41) is 4.48. The molecular weight excluding hydrogens is 560 g/mol. The molecular formula is C30H33F2N7O4. The molecule has 0 N–H and O–H groups in total. The summed E-state index contributed by atoms with van der Waals surface area (Å²) in [6.07, 6.45) is 2.10. The summed E-state index contributed by atoms with van der Waals surface area (Å²) in [5.74, 6) is 3.48. The molecule has 2 aliphatic rings. The number of fused-ring (bicyclic) bond motifs is 1. The lowest BCUT2D eigenvalue weighted by atomic mass is 10.1. The normalized spacial score (nSPS) is 15.4. The smallest absolute Gasteiger partial charge is 0.414 e. The number of carbonyl (C=O) groups is 2. The third-order valence-electron chi connectivity index (χ3n) is 6.83. The molecule has 1 aliphatic heterocycles. The third kappa shape index (κ3) is 5.98. The van der Waals surface area contributed by atoms with Gasteiger partial charge in [0.25, 0.3) is 5.69 Å². The molecule has 3 aromatic rings. The maximum absolute atomic E-state index is 15.4. The Kier molecular flexibility index (Phi) is 7.33. The number of imidazole rings is 1. The van der Waals surface area contributed by atoms with E-state index in [1.54, 1.807) is 46.1 Å². The minimum atomic E-state index is -0.899. The Morgan fingerprint density at radius 2 is 1.72 bits per heavy atom. The van der Waals surface area contributed by atoms with Gasteiger partial charge in [-0.05, 0) is 54.4 Å². The fourth-order valence-corrected chi connectivity index (χ4v) is 4.65. The van der Waals surface area contributed by atoms with E-state index in [1.165, 1.54) is 29.0 Å². The zero-order valence-electron chi connectivity index (χ0n) is 25.2. The number of carbonyl (C=O) groups excluding carboxylic acids is 2. The monoisotopic (exact) mass is 593 g/mol. The lowest BCUT2D eigenvalue weighted by molar-refractivity contribution is -0.000364. The van der Waals surface area contributed by atoms with Gasteiger partial charge in [0.2, 0.25) is 0 Å². The quantitative estimate of drug-likeness (QED) is 0.275. The van der Waals surface area contributed by atoms with E-state index in [4.69, 9.17) is 16.0 Å². The van der Waals surface area contributed by atoms with Crippen molar-refractivity contribution in [2.45, 2.75) is 77.7 Å². The number of ether oxygens (including phenoxy) is 2. The fraction of sp³-hybridized carbons (Fsp3) is 0.500. The van der Waals surface area contributed by atoms with Crippen LogP contribution in [0.15, 0.2) is 12.4 Å². The van der Waals surface area contributed by atoms with E-state index in [0.717, 1.165) is 17.7 Å². The van der Waals surface area contributed by atoms with E-state index in [0.29, 0.717) is 5.52 Å². The van der Waals surface area contributed by atoms with Crippen molar-refractivity contribution in [1.82, 2.24) is 24.2 Å². The number of benzene rings is 1. The molecule has 43 heavy (non-hydrogen) atoms. The minimum Gasteiger partial charge on any atom is -0.444 e. The highest BCUT2D eigenvalue weighted by Crippen LogP contribution is 2.39. The van der Waals surface area contributed by atoms with Crippen LogP contribution in [0, 0.1) is 30.0 Å². The Morgan fingerprint density at radius 3 is 2.30 bits per heavy atom. The number of rotatable bonds is 3. The molecule has 1 saturated heterocycles. The Labute approximate surface area is 248 Å². The van der Waals surface area contributed by atoms with E-state index in [9.17, 15) is 9.59 Å². The molecule has 2 amide bonds. The summed E-state index contributed by atoms with van der Waals surface area (Å²) >= 11 is 0. The predicted molar refractivity (Wildman–Crippen MR) is 154 cm³/mol. The molecule has 3 heterocycles. The second kappa shape index (κ2) is 10.6. The average molecular weight is 594 g/mol. The van der Waals surface area contributed by atoms with Gasteiger partial charge in [0.1, 0.15) is 34.0 Å². The zero-order chi connectivity index (χ0) is 31.4. The molecule has 226 valence electrons. The van der Waals surface area contributed by atoms with Crippen LogP contribution in [0.3, 0.4) is 0 Å². The second-order valence-electron chi connectivity index (χ2n) is 12.7. The first-order valence-corrected chi connectivity index (χ1v) is 13.9. The molecule has 11 nitrogen and oxygen atoms in total. The first kappa shape index (κ1) is 29.8. The third-order valence-corrected chi connectivity index (χ3v) is 6.83. The first-order valence-electron chi connectivity index (χ1n) is 13.9. The summed E-state index contributed by atoms with van der Waals surface area (Å²) in [6, 6.07) is 0.965. The van der Waals surface area contributed by atoms with Gasteiger partial charge in [0, 0.05) is 32.2 Å². The van der Waals surface area contributed by atoms with Crippen LogP contribution in [0.2, 0.25) is 0 Å². The summed E-state index contributed by atoms with van der Waals surface area (Å²) in [4.78, 5) is 35.9. The zero-order valence-corrected chi connectivity index (χ0v) is 25.2. The van der Waals surface area contributed by atoms with E-state index in [2.05, 4.69) is 26.8 Å². The molecule has 1 aliphatic carbocycles. The Balaban J connectivity index is 1.53. The van der Waals surface area contributed by atoms with Crippen molar-refractivity contribution in [2.24, 2.45) is 0 Å². The maximum Gasteiger partial charge on any atom is 0.414 e. The number of anilines is 1. The SMILES string of the molecule is [C-]#[N+]c1c(C#Cc2c(F)cc3c(ncn3C3CC3)c2F)nn(C2CN(C(=O)OC(C)(C)C)C2)c1N(C)C(=O)OC(C)(C)C. The lowest BCUT2D eigenvalue weighted by Crippen LogP contribution is -2.53. The molecule has 13 heteroatoms. The fourth-order valence-electron chi connectivity index (χ4n) is 4.65. The molecule has 2 aromatic heterocycles. The summed E-state index contributed by atoms with van der Waals surface area (Å²) in [5.41, 5.74) is -1.82. The Bertz CT molecular complexity index is 1720. The number of aromatic nitrogens is 4. The summed E-state index contributed by atoms with van der Waals surface area (Å²) < 4.78 is 44.6. The van der Waals surface area contributed by atoms with Crippen LogP contribution in [-0.4, -0.2) is 67.8 Å². The molecule has 2 fully saturated rings. The number of halogens is 2. The van der Waals surface area contributed by atoms with E-state index < -0.39 is 46.6 Å². The highest BCUT2D eigenvalue weighted by Gasteiger charge is 2.39. The van der Waals surface area contributed by atoms with Crippen LogP contribution in [0.25, 0.3) is 15.9 Å². The van der Waals surface area contributed by atoms with Crippen molar-refractivity contribution < 1.29 is 27.8 Å². The molecule has 1 saturated carbocycles. The van der Waals surface area contributed by atoms with Gasteiger partial charge in [-0.3, -0.25) is 9.58 Å². The van der Waals surface area contributed by atoms with Crippen molar-refractivity contribution in [3.8, 4) is 11.8 Å². The predicted octanol–water partition coefficient (Wildman–Crippen LogP) is 5.96. The Morgan fingerprint density at radius 1 is 1.07 bits per heavy atom. The van der Waals surface area contributed by atoms with Gasteiger partial charge < -0.3 is 18.9 Å². The molecule has 0 spiro atoms. The van der Waals surface area contributed by atoms with Crippen molar-refractivity contribution in [2.75, 3.05) is 25.0 Å². The largest absolute Gasteiger partial charge is 0.444 e. The van der Waals surface area contributed by atoms with Crippen LogP contribution in [0.5, 0.6) is 0 Å².